The van der Waals surface area contributed by atoms with Crippen LogP contribution < -0.4 is 4.74 Å². The monoisotopic (exact) mass is 444 g/mol. The van der Waals surface area contributed by atoms with Crippen LogP contribution in [0, 0.1) is 0 Å². The maximum atomic E-state index is 11.2. The van der Waals surface area contributed by atoms with Gasteiger partial charge in [0.2, 0.25) is 6.29 Å². The van der Waals surface area contributed by atoms with E-state index in [0.717, 1.165) is 35.1 Å². The fourth-order valence-corrected chi connectivity index (χ4v) is 3.86. The van der Waals surface area contributed by atoms with E-state index in [1.54, 1.807) is 24.3 Å². The summed E-state index contributed by atoms with van der Waals surface area (Å²) in [5.41, 5.74) is 4.26. The van der Waals surface area contributed by atoms with Crippen LogP contribution in [0.4, 0.5) is 0 Å². The number of aliphatic carboxylic acids is 1. The average Bonchev–Trinajstić information content (AvgIpc) is 2.79. The topological polar surface area (TPSA) is 137 Å². The number of aliphatic hydroxyl groups is 3. The number of aliphatic hydroxyl groups excluding tert-OH is 3. The van der Waals surface area contributed by atoms with Gasteiger partial charge in [-0.05, 0) is 59.4 Å². The quantitative estimate of drug-likeness (QED) is 0.411. The molecule has 8 heteroatoms. The first kappa shape index (κ1) is 23.7. The van der Waals surface area contributed by atoms with Crippen molar-refractivity contribution in [3.05, 3.63) is 59.7 Å². The van der Waals surface area contributed by atoms with Crippen LogP contribution in [0.2, 0.25) is 0 Å². The Morgan fingerprint density at radius 1 is 0.844 bits per heavy atom. The van der Waals surface area contributed by atoms with Gasteiger partial charge in [0.15, 0.2) is 6.10 Å². The zero-order valence-electron chi connectivity index (χ0n) is 17.9. The summed E-state index contributed by atoms with van der Waals surface area (Å²) in [6, 6.07) is 14.1. The molecule has 172 valence electrons. The lowest BCUT2D eigenvalue weighted by atomic mass is 9.91. The molecule has 1 fully saturated rings. The Kier molecular flexibility index (Phi) is 7.52. The van der Waals surface area contributed by atoms with Gasteiger partial charge in [-0.15, -0.1) is 0 Å². The molecule has 2 aromatic rings. The molecule has 2 aromatic carbocycles. The minimum Gasteiger partial charge on any atom is -0.508 e. The molecule has 0 saturated carbocycles. The summed E-state index contributed by atoms with van der Waals surface area (Å²) in [4.78, 5) is 11.2. The Hall–Kier alpha value is -2.91. The van der Waals surface area contributed by atoms with Gasteiger partial charge in [0.25, 0.3) is 0 Å². The molecule has 1 unspecified atom stereocenters. The first-order valence-electron chi connectivity index (χ1n) is 10.5. The van der Waals surface area contributed by atoms with Crippen LogP contribution in [0.5, 0.6) is 11.5 Å². The molecular weight excluding hydrogens is 416 g/mol. The molecule has 5 atom stereocenters. The van der Waals surface area contributed by atoms with E-state index < -0.39 is 36.7 Å². The number of ether oxygens (including phenoxy) is 2. The highest BCUT2D eigenvalue weighted by atomic mass is 16.7. The maximum absolute atomic E-state index is 11.2. The summed E-state index contributed by atoms with van der Waals surface area (Å²) in [6.45, 7) is 4.12. The molecule has 0 spiro atoms. The van der Waals surface area contributed by atoms with Crippen molar-refractivity contribution in [1.29, 1.82) is 0 Å². The summed E-state index contributed by atoms with van der Waals surface area (Å²) >= 11 is 0. The van der Waals surface area contributed by atoms with E-state index in [1.165, 1.54) is 0 Å². The number of benzene rings is 2. The molecule has 1 saturated heterocycles. The number of allylic oxidation sites excluding steroid dienone is 2. The van der Waals surface area contributed by atoms with Gasteiger partial charge < -0.3 is 35.0 Å². The van der Waals surface area contributed by atoms with Crippen LogP contribution in [0.1, 0.15) is 37.8 Å². The number of phenols is 1. The second-order valence-corrected chi connectivity index (χ2v) is 7.59. The molecular formula is C24H28O8. The van der Waals surface area contributed by atoms with E-state index in [9.17, 15) is 25.2 Å². The van der Waals surface area contributed by atoms with Gasteiger partial charge in [-0.3, -0.25) is 0 Å². The molecule has 0 amide bonds. The standard InChI is InChI=1S/C24H28O8/c1-3-17(13-5-9-15(25)10-6-13)18(4-2)14-7-11-16(12-8-14)31-24-21(28)19(26)20(27)22(32-24)23(29)30/h5-12,19-22,24-28H,3-4H2,1-2H3,(H,29,30)/t19-,20-,21+,22-,24?/m0/s1. The van der Waals surface area contributed by atoms with Gasteiger partial charge in [0.05, 0.1) is 0 Å². The Balaban J connectivity index is 1.83. The zero-order chi connectivity index (χ0) is 23.4. The van der Waals surface area contributed by atoms with E-state index in [0.29, 0.717) is 5.75 Å². The van der Waals surface area contributed by atoms with E-state index >= 15 is 0 Å². The highest BCUT2D eigenvalue weighted by Crippen LogP contribution is 2.33. The number of carboxylic acid groups (broad SMARTS) is 1. The number of phenolic OH excluding ortho intramolecular Hbond substituents is 1. The second kappa shape index (κ2) is 10.1. The lowest BCUT2D eigenvalue weighted by molar-refractivity contribution is -0.271. The predicted octanol–water partition coefficient (Wildman–Crippen LogP) is 2.39. The van der Waals surface area contributed by atoms with Crippen molar-refractivity contribution in [3.63, 3.8) is 0 Å². The van der Waals surface area contributed by atoms with Gasteiger partial charge in [-0.1, -0.05) is 38.1 Å². The molecule has 32 heavy (non-hydrogen) atoms. The number of aromatic hydroxyl groups is 1. The van der Waals surface area contributed by atoms with E-state index in [4.69, 9.17) is 14.6 Å². The van der Waals surface area contributed by atoms with Crippen molar-refractivity contribution < 1.29 is 39.8 Å². The Morgan fingerprint density at radius 3 is 1.81 bits per heavy atom. The first-order valence-corrected chi connectivity index (χ1v) is 10.5. The van der Waals surface area contributed by atoms with Crippen molar-refractivity contribution in [1.82, 2.24) is 0 Å². The van der Waals surface area contributed by atoms with E-state index in [2.05, 4.69) is 13.8 Å². The molecule has 1 aliphatic heterocycles. The molecule has 8 nitrogen and oxygen atoms in total. The third-order valence-electron chi connectivity index (χ3n) is 5.56. The first-order chi connectivity index (χ1) is 15.3. The van der Waals surface area contributed by atoms with Gasteiger partial charge in [0, 0.05) is 0 Å². The minimum absolute atomic E-state index is 0.207. The largest absolute Gasteiger partial charge is 0.508 e. The van der Waals surface area contributed by atoms with Gasteiger partial charge >= 0.3 is 5.97 Å². The lowest BCUT2D eigenvalue weighted by Gasteiger charge is -2.38. The summed E-state index contributed by atoms with van der Waals surface area (Å²) in [5, 5.41) is 48.6. The van der Waals surface area contributed by atoms with Crippen molar-refractivity contribution in [2.75, 3.05) is 0 Å². The van der Waals surface area contributed by atoms with Gasteiger partial charge in [-0.25, -0.2) is 4.79 Å². The second-order valence-electron chi connectivity index (χ2n) is 7.59. The zero-order valence-corrected chi connectivity index (χ0v) is 17.9. The fourth-order valence-electron chi connectivity index (χ4n) is 3.86. The molecule has 0 bridgehead atoms. The Morgan fingerprint density at radius 2 is 1.34 bits per heavy atom. The Labute approximate surface area is 186 Å². The lowest BCUT2D eigenvalue weighted by Crippen LogP contribution is -2.61. The number of carboxylic acids is 1. The third kappa shape index (κ3) is 4.94. The van der Waals surface area contributed by atoms with Crippen LogP contribution in [0.25, 0.3) is 11.1 Å². The fraction of sp³-hybridized carbons (Fsp3) is 0.375. The summed E-state index contributed by atoms with van der Waals surface area (Å²) in [6.07, 6.45) is -6.71. The number of hydrogen-bond donors (Lipinski definition) is 5. The van der Waals surface area contributed by atoms with Gasteiger partial charge in [0.1, 0.15) is 29.8 Å². The SMILES string of the molecule is CCC(=C(CC)c1ccc(OC2O[C@H](C(=O)O)[C@@H](O)[C@H](O)[C@H]2O)cc1)c1ccc(O)cc1. The molecule has 3 rings (SSSR count). The van der Waals surface area contributed by atoms with Crippen molar-refractivity contribution >= 4 is 17.1 Å². The van der Waals surface area contributed by atoms with Crippen LogP contribution in [0.15, 0.2) is 48.5 Å². The normalized spacial score (nSPS) is 26.3. The van der Waals surface area contributed by atoms with Crippen molar-refractivity contribution in [2.24, 2.45) is 0 Å². The third-order valence-corrected chi connectivity index (χ3v) is 5.56. The van der Waals surface area contributed by atoms with Crippen LogP contribution in [-0.4, -0.2) is 62.2 Å². The molecule has 1 aliphatic rings. The summed E-state index contributed by atoms with van der Waals surface area (Å²) in [7, 11) is 0. The highest BCUT2D eigenvalue weighted by Gasteiger charge is 2.48. The van der Waals surface area contributed by atoms with Crippen molar-refractivity contribution in [3.8, 4) is 11.5 Å². The minimum atomic E-state index is -1.77. The summed E-state index contributed by atoms with van der Waals surface area (Å²) in [5.74, 6) is -0.950. The number of rotatable bonds is 7. The highest BCUT2D eigenvalue weighted by molar-refractivity contribution is 5.90. The predicted molar refractivity (Wildman–Crippen MR) is 117 cm³/mol. The Bertz CT molecular complexity index is 951. The molecule has 5 N–H and O–H groups in total. The number of carbonyl (C=O) groups is 1. The van der Waals surface area contributed by atoms with Crippen LogP contribution in [-0.2, 0) is 9.53 Å². The van der Waals surface area contributed by atoms with E-state index in [-0.39, 0.29) is 5.75 Å². The number of hydrogen-bond acceptors (Lipinski definition) is 7. The van der Waals surface area contributed by atoms with Crippen molar-refractivity contribution in [2.45, 2.75) is 57.4 Å². The smallest absolute Gasteiger partial charge is 0.335 e. The molecule has 1 heterocycles. The van der Waals surface area contributed by atoms with Crippen LogP contribution >= 0.6 is 0 Å². The van der Waals surface area contributed by atoms with E-state index in [1.807, 2.05) is 24.3 Å². The van der Waals surface area contributed by atoms with Crippen LogP contribution in [0.3, 0.4) is 0 Å². The molecule has 0 radical (unpaired) electrons. The average molecular weight is 444 g/mol. The summed E-state index contributed by atoms with van der Waals surface area (Å²) < 4.78 is 10.7. The molecule has 0 aromatic heterocycles. The molecule has 0 aliphatic carbocycles. The van der Waals surface area contributed by atoms with Gasteiger partial charge in [-0.2, -0.15) is 0 Å². The maximum Gasteiger partial charge on any atom is 0.335 e.